The van der Waals surface area contributed by atoms with Gasteiger partial charge in [-0.25, -0.2) is 9.97 Å². The smallest absolute Gasteiger partial charge is 0.236 e. The summed E-state index contributed by atoms with van der Waals surface area (Å²) in [6, 6.07) is 16.3. The van der Waals surface area contributed by atoms with Gasteiger partial charge in [-0.05, 0) is 30.5 Å². The van der Waals surface area contributed by atoms with Crippen LogP contribution >= 0.6 is 23.1 Å². The highest BCUT2D eigenvalue weighted by Crippen LogP contribution is 2.42. The van der Waals surface area contributed by atoms with E-state index in [0.29, 0.717) is 22.7 Å². The van der Waals surface area contributed by atoms with Gasteiger partial charge in [0.1, 0.15) is 11.5 Å². The summed E-state index contributed by atoms with van der Waals surface area (Å²) < 4.78 is 13.0. The fourth-order valence-corrected chi connectivity index (χ4v) is 5.28. The minimum absolute atomic E-state index is 0.112. The lowest BCUT2D eigenvalue weighted by atomic mass is 10.1. The molecule has 2 aromatic carbocycles. The highest BCUT2D eigenvalue weighted by atomic mass is 32.2. The predicted octanol–water partition coefficient (Wildman–Crippen LogP) is 5.76. The Morgan fingerprint density at radius 1 is 1.18 bits per heavy atom. The number of rotatable bonds is 9. The lowest BCUT2D eigenvalue weighted by molar-refractivity contribution is -0.113. The van der Waals surface area contributed by atoms with E-state index in [1.165, 1.54) is 23.1 Å². The van der Waals surface area contributed by atoms with Crippen LogP contribution < -0.4 is 14.8 Å². The Morgan fingerprint density at radius 2 is 2.00 bits per heavy atom. The van der Waals surface area contributed by atoms with E-state index in [1.807, 2.05) is 48.0 Å². The molecule has 1 fully saturated rings. The van der Waals surface area contributed by atoms with E-state index in [1.54, 1.807) is 14.2 Å². The van der Waals surface area contributed by atoms with Crippen molar-refractivity contribution >= 4 is 34.1 Å². The number of thiazole rings is 1. The summed E-state index contributed by atoms with van der Waals surface area (Å²) in [6.45, 7) is 0. The Labute approximate surface area is 206 Å². The van der Waals surface area contributed by atoms with Crippen molar-refractivity contribution in [3.8, 4) is 34.0 Å². The number of imidazole rings is 1. The summed E-state index contributed by atoms with van der Waals surface area (Å²) in [4.78, 5) is 21.9. The van der Waals surface area contributed by atoms with E-state index in [9.17, 15) is 4.79 Å². The Morgan fingerprint density at radius 3 is 2.74 bits per heavy atom. The lowest BCUT2D eigenvalue weighted by Crippen LogP contribution is -2.14. The Hall–Kier alpha value is -3.30. The predicted molar refractivity (Wildman–Crippen MR) is 136 cm³/mol. The molecule has 9 heteroatoms. The molecular weight excluding hydrogens is 468 g/mol. The van der Waals surface area contributed by atoms with Crippen LogP contribution in [0.3, 0.4) is 0 Å². The van der Waals surface area contributed by atoms with Gasteiger partial charge < -0.3 is 19.4 Å². The third-order valence-electron chi connectivity index (χ3n) is 5.51. The number of amides is 1. The maximum atomic E-state index is 12.7. The first-order valence-electron chi connectivity index (χ1n) is 10.9. The Kier molecular flexibility index (Phi) is 6.55. The highest BCUT2D eigenvalue weighted by Gasteiger charge is 2.29. The molecule has 34 heavy (non-hydrogen) atoms. The third-order valence-corrected chi connectivity index (χ3v) is 7.24. The second-order valence-corrected chi connectivity index (χ2v) is 9.63. The van der Waals surface area contributed by atoms with E-state index in [2.05, 4.69) is 32.0 Å². The third kappa shape index (κ3) is 4.80. The summed E-state index contributed by atoms with van der Waals surface area (Å²) >= 11 is 2.84. The highest BCUT2D eigenvalue weighted by molar-refractivity contribution is 7.99. The molecule has 1 aliphatic carbocycles. The molecule has 0 unspecified atom stereocenters. The molecule has 0 spiro atoms. The molecule has 0 radical (unpaired) electrons. The van der Waals surface area contributed by atoms with Crippen LogP contribution in [0.1, 0.15) is 18.9 Å². The lowest BCUT2D eigenvalue weighted by Gasteiger charge is -2.10. The summed E-state index contributed by atoms with van der Waals surface area (Å²) in [6.07, 6.45) is 4.20. The molecule has 2 aromatic heterocycles. The second-order valence-electron chi connectivity index (χ2n) is 7.83. The number of hydrogen-bond donors (Lipinski definition) is 1. The van der Waals surface area contributed by atoms with Crippen LogP contribution in [0.25, 0.3) is 22.5 Å². The van der Waals surface area contributed by atoms with E-state index in [-0.39, 0.29) is 11.7 Å². The molecule has 174 valence electrons. The molecule has 1 aliphatic rings. The maximum absolute atomic E-state index is 12.7. The minimum Gasteiger partial charge on any atom is -0.497 e. The van der Waals surface area contributed by atoms with Crippen LogP contribution in [0.2, 0.25) is 0 Å². The van der Waals surface area contributed by atoms with E-state index >= 15 is 0 Å². The normalized spacial score (nSPS) is 13.0. The van der Waals surface area contributed by atoms with Gasteiger partial charge in [0.2, 0.25) is 5.91 Å². The number of carbonyl (C=O) groups excluding carboxylic acids is 1. The van der Waals surface area contributed by atoms with Gasteiger partial charge in [-0.3, -0.25) is 4.79 Å². The molecule has 1 amide bonds. The average molecular weight is 493 g/mol. The van der Waals surface area contributed by atoms with E-state index in [0.717, 1.165) is 40.5 Å². The van der Waals surface area contributed by atoms with Crippen molar-refractivity contribution in [3.63, 3.8) is 0 Å². The summed E-state index contributed by atoms with van der Waals surface area (Å²) in [5, 5.41) is 6.24. The topological polar surface area (TPSA) is 78.3 Å². The van der Waals surface area contributed by atoms with Crippen molar-refractivity contribution in [3.05, 3.63) is 60.1 Å². The minimum atomic E-state index is -0.112. The number of carbonyl (C=O) groups is 1. The molecule has 1 N–H and O–H groups in total. The number of methoxy groups -OCH3 is 2. The van der Waals surface area contributed by atoms with Crippen LogP contribution in [0.4, 0.5) is 5.13 Å². The Bertz CT molecular complexity index is 1300. The number of nitrogens with zero attached hydrogens (tertiary/aromatic N) is 3. The van der Waals surface area contributed by atoms with Crippen LogP contribution in [0.15, 0.2) is 65.3 Å². The zero-order valence-corrected chi connectivity index (χ0v) is 20.5. The summed E-state index contributed by atoms with van der Waals surface area (Å²) in [7, 11) is 3.22. The number of anilines is 1. The van der Waals surface area contributed by atoms with Gasteiger partial charge >= 0.3 is 0 Å². The van der Waals surface area contributed by atoms with Gasteiger partial charge in [0.05, 0.1) is 37.6 Å². The first kappa shape index (κ1) is 22.5. The number of thioether (sulfide) groups is 1. The Balaban J connectivity index is 1.25. The molecule has 0 atom stereocenters. The van der Waals surface area contributed by atoms with Gasteiger partial charge in [-0.15, -0.1) is 11.3 Å². The van der Waals surface area contributed by atoms with Gasteiger partial charge in [0, 0.05) is 23.1 Å². The van der Waals surface area contributed by atoms with Crippen molar-refractivity contribution < 1.29 is 14.3 Å². The van der Waals surface area contributed by atoms with Gasteiger partial charge in [0.15, 0.2) is 10.3 Å². The molecule has 0 bridgehead atoms. The number of hydrogen-bond acceptors (Lipinski definition) is 7. The van der Waals surface area contributed by atoms with Crippen molar-refractivity contribution in [2.45, 2.75) is 24.0 Å². The summed E-state index contributed by atoms with van der Waals surface area (Å²) in [5.41, 5.74) is 3.82. The number of nitrogens with one attached hydrogen (secondary N) is 1. The van der Waals surface area contributed by atoms with Crippen LogP contribution in [0, 0.1) is 0 Å². The summed E-state index contributed by atoms with van der Waals surface area (Å²) in [5.74, 6) is 1.53. The van der Waals surface area contributed by atoms with Crippen LogP contribution in [0.5, 0.6) is 11.5 Å². The molecule has 2 heterocycles. The monoisotopic (exact) mass is 492 g/mol. The van der Waals surface area contributed by atoms with Gasteiger partial charge in [0.25, 0.3) is 0 Å². The zero-order valence-electron chi connectivity index (χ0n) is 18.9. The standard InChI is InChI=1S/C25H24N4O3S2/c1-31-18-10-11-19(22(12-18)32-2)20-14-33-24(27-20)28-23(30)15-34-25-26-13-21(29(25)17-8-9-17)16-6-4-3-5-7-16/h3-7,10-14,17H,8-9,15H2,1-2H3,(H,27,28,30). The number of aromatic nitrogens is 3. The van der Waals surface area contributed by atoms with Gasteiger partial charge in [-0.2, -0.15) is 0 Å². The van der Waals surface area contributed by atoms with E-state index in [4.69, 9.17) is 9.47 Å². The van der Waals surface area contributed by atoms with E-state index < -0.39 is 0 Å². The zero-order chi connectivity index (χ0) is 23.5. The molecule has 1 saturated carbocycles. The molecule has 0 aliphatic heterocycles. The van der Waals surface area contributed by atoms with Crippen LogP contribution in [-0.4, -0.2) is 40.4 Å². The SMILES string of the molecule is COc1ccc(-c2csc(NC(=O)CSc3ncc(-c4ccccc4)n3C3CC3)n2)c(OC)c1. The molecule has 4 aromatic rings. The van der Waals surface area contributed by atoms with Crippen molar-refractivity contribution in [2.24, 2.45) is 0 Å². The fourth-order valence-electron chi connectivity index (χ4n) is 3.71. The molecule has 0 saturated heterocycles. The maximum Gasteiger partial charge on any atom is 0.236 e. The molecule has 7 nitrogen and oxygen atoms in total. The molecular formula is C25H24N4O3S2. The first-order chi connectivity index (χ1) is 16.7. The number of ether oxygens (including phenoxy) is 2. The second kappa shape index (κ2) is 9.90. The van der Waals surface area contributed by atoms with Crippen molar-refractivity contribution in [1.29, 1.82) is 0 Å². The fraction of sp³-hybridized carbons (Fsp3) is 0.240. The first-order valence-corrected chi connectivity index (χ1v) is 12.8. The number of benzene rings is 2. The van der Waals surface area contributed by atoms with Crippen LogP contribution in [-0.2, 0) is 4.79 Å². The van der Waals surface area contributed by atoms with Crippen molar-refractivity contribution in [2.75, 3.05) is 25.3 Å². The largest absolute Gasteiger partial charge is 0.497 e. The quantitative estimate of drug-likeness (QED) is 0.300. The van der Waals surface area contributed by atoms with Crippen molar-refractivity contribution in [1.82, 2.24) is 14.5 Å². The molecule has 5 rings (SSSR count). The van der Waals surface area contributed by atoms with Gasteiger partial charge in [-0.1, -0.05) is 42.1 Å². The average Bonchev–Trinajstić information content (AvgIpc) is 3.46.